The molecule has 0 unspecified atom stereocenters. The Hall–Kier alpha value is -4.87. The van der Waals surface area contributed by atoms with Gasteiger partial charge in [0.1, 0.15) is 7.85 Å². The van der Waals surface area contributed by atoms with E-state index in [0.29, 0.717) is 17.5 Å². The van der Waals surface area contributed by atoms with E-state index in [1.165, 1.54) is 36.4 Å². The predicted molar refractivity (Wildman–Crippen MR) is 172 cm³/mol. The minimum atomic E-state index is 0.674. The Morgan fingerprint density at radius 3 is 1.98 bits per heavy atom. The molecule has 0 aliphatic heterocycles. The van der Waals surface area contributed by atoms with Crippen LogP contribution in [0.5, 0.6) is 0 Å². The van der Waals surface area contributed by atoms with Crippen molar-refractivity contribution in [1.29, 1.82) is 0 Å². The Morgan fingerprint density at radius 2 is 1.15 bits per heavy atom. The van der Waals surface area contributed by atoms with Crippen molar-refractivity contribution in [1.82, 2.24) is 15.0 Å². The van der Waals surface area contributed by atoms with E-state index in [1.54, 1.807) is 0 Å². The van der Waals surface area contributed by atoms with E-state index in [2.05, 4.69) is 129 Å². The standard InChI is InChI=1S/C35H22BN3S/c36-26-12-7-11-24(19-26)33-37-34(25-17-16-21-8-1-2-9-22(21)18-25)39-35(38-33)32-27-13-4-3-10-23(27)20-30-31(32)28-14-5-6-15-29(28)40-30/h1-20H,36H2. The molecule has 2 aromatic heterocycles. The summed E-state index contributed by atoms with van der Waals surface area (Å²) in [5, 5.41) is 7.11. The quantitative estimate of drug-likeness (QED) is 0.220. The molecule has 0 bridgehead atoms. The van der Waals surface area contributed by atoms with Gasteiger partial charge >= 0.3 is 0 Å². The van der Waals surface area contributed by atoms with Crippen LogP contribution < -0.4 is 5.46 Å². The minimum Gasteiger partial charge on any atom is -0.208 e. The summed E-state index contributed by atoms with van der Waals surface area (Å²) >= 11 is 1.82. The van der Waals surface area contributed by atoms with E-state index in [0.717, 1.165) is 27.5 Å². The van der Waals surface area contributed by atoms with Crippen LogP contribution in [-0.4, -0.2) is 22.8 Å². The van der Waals surface area contributed by atoms with Crippen molar-refractivity contribution < 1.29 is 0 Å². The predicted octanol–water partition coefficient (Wildman–Crippen LogP) is 7.81. The third-order valence-electron chi connectivity index (χ3n) is 7.53. The minimum absolute atomic E-state index is 0.674. The van der Waals surface area contributed by atoms with Gasteiger partial charge in [0, 0.05) is 36.9 Å². The molecule has 0 atom stereocenters. The third kappa shape index (κ3) is 3.78. The van der Waals surface area contributed by atoms with E-state index >= 15 is 0 Å². The van der Waals surface area contributed by atoms with Crippen molar-refractivity contribution >= 4 is 66.4 Å². The van der Waals surface area contributed by atoms with Gasteiger partial charge in [-0.25, -0.2) is 15.0 Å². The second-order valence-electron chi connectivity index (χ2n) is 10.2. The first-order valence-corrected chi connectivity index (χ1v) is 14.2. The van der Waals surface area contributed by atoms with Crippen molar-refractivity contribution in [2.24, 2.45) is 0 Å². The van der Waals surface area contributed by atoms with Crippen LogP contribution in [0.1, 0.15) is 0 Å². The lowest BCUT2D eigenvalue weighted by molar-refractivity contribution is 1.08. The van der Waals surface area contributed by atoms with Crippen LogP contribution in [0.15, 0.2) is 121 Å². The molecule has 0 spiro atoms. The fraction of sp³-hybridized carbons (Fsp3) is 0. The molecule has 0 aliphatic carbocycles. The van der Waals surface area contributed by atoms with E-state index in [4.69, 9.17) is 15.0 Å². The summed E-state index contributed by atoms with van der Waals surface area (Å²) in [6.45, 7) is 0. The maximum atomic E-state index is 5.20. The zero-order valence-electron chi connectivity index (χ0n) is 21.8. The van der Waals surface area contributed by atoms with Crippen LogP contribution in [0.2, 0.25) is 0 Å². The van der Waals surface area contributed by atoms with Crippen LogP contribution in [0.25, 0.3) is 75.9 Å². The second-order valence-corrected chi connectivity index (χ2v) is 11.3. The number of benzene rings is 6. The Bertz CT molecular complexity index is 2250. The number of fused-ring (bicyclic) bond motifs is 5. The summed E-state index contributed by atoms with van der Waals surface area (Å²) in [4.78, 5) is 15.4. The molecule has 3 nitrogen and oxygen atoms in total. The molecule has 2 heterocycles. The molecule has 8 rings (SSSR count). The van der Waals surface area contributed by atoms with Gasteiger partial charge in [-0.3, -0.25) is 0 Å². The normalized spacial score (nSPS) is 11.6. The number of thiophene rings is 1. The SMILES string of the molecule is Bc1cccc(-c2nc(-c3ccc4ccccc4c3)nc(-c3c4ccccc4cc4sc5ccccc5c34)n2)c1. The van der Waals surface area contributed by atoms with E-state index in [1.807, 2.05) is 11.3 Å². The number of nitrogens with zero attached hydrogens (tertiary/aromatic N) is 3. The molecule has 0 saturated carbocycles. The van der Waals surface area contributed by atoms with Crippen molar-refractivity contribution in [3.63, 3.8) is 0 Å². The van der Waals surface area contributed by atoms with E-state index < -0.39 is 0 Å². The number of rotatable bonds is 3. The highest BCUT2D eigenvalue weighted by molar-refractivity contribution is 7.26. The number of aromatic nitrogens is 3. The van der Waals surface area contributed by atoms with Gasteiger partial charge in [0.25, 0.3) is 0 Å². The van der Waals surface area contributed by atoms with Gasteiger partial charge < -0.3 is 0 Å². The van der Waals surface area contributed by atoms with E-state index in [-0.39, 0.29) is 0 Å². The van der Waals surface area contributed by atoms with Crippen LogP contribution in [0, 0.1) is 0 Å². The average molecular weight is 527 g/mol. The summed E-state index contributed by atoms with van der Waals surface area (Å²) in [7, 11) is 2.10. The van der Waals surface area contributed by atoms with Crippen molar-refractivity contribution in [3.05, 3.63) is 121 Å². The summed E-state index contributed by atoms with van der Waals surface area (Å²) < 4.78 is 2.50. The Balaban J connectivity index is 1.49. The third-order valence-corrected chi connectivity index (χ3v) is 8.65. The molecule has 8 aromatic rings. The van der Waals surface area contributed by atoms with Gasteiger partial charge in [-0.05, 0) is 39.7 Å². The molecular weight excluding hydrogens is 505 g/mol. The highest BCUT2D eigenvalue weighted by atomic mass is 32.1. The van der Waals surface area contributed by atoms with Crippen LogP contribution >= 0.6 is 11.3 Å². The maximum Gasteiger partial charge on any atom is 0.165 e. The summed E-state index contributed by atoms with van der Waals surface area (Å²) in [6, 6.07) is 42.7. The van der Waals surface area contributed by atoms with Crippen molar-refractivity contribution in [2.75, 3.05) is 0 Å². The fourth-order valence-corrected chi connectivity index (χ4v) is 6.80. The molecule has 0 amide bonds. The average Bonchev–Trinajstić information content (AvgIpc) is 3.37. The monoisotopic (exact) mass is 527 g/mol. The Kier molecular flexibility index (Phi) is 5.25. The van der Waals surface area contributed by atoms with Crippen LogP contribution in [-0.2, 0) is 0 Å². The summed E-state index contributed by atoms with van der Waals surface area (Å²) in [5.41, 5.74) is 4.19. The smallest absolute Gasteiger partial charge is 0.165 e. The summed E-state index contributed by atoms with van der Waals surface area (Å²) in [6.07, 6.45) is 0. The Morgan fingerprint density at radius 1 is 0.475 bits per heavy atom. The lowest BCUT2D eigenvalue weighted by atomic mass is 9.94. The van der Waals surface area contributed by atoms with Crippen molar-refractivity contribution in [2.45, 2.75) is 0 Å². The van der Waals surface area contributed by atoms with Crippen LogP contribution in [0.4, 0.5) is 0 Å². The maximum absolute atomic E-state index is 5.20. The molecular formula is C35H22BN3S. The molecule has 0 radical (unpaired) electrons. The molecule has 40 heavy (non-hydrogen) atoms. The largest absolute Gasteiger partial charge is 0.208 e. The first kappa shape index (κ1) is 23.1. The summed E-state index contributed by atoms with van der Waals surface area (Å²) in [5.74, 6) is 2.05. The van der Waals surface area contributed by atoms with Gasteiger partial charge in [0.05, 0.1) is 0 Å². The number of hydrogen-bond donors (Lipinski definition) is 0. The Labute approximate surface area is 236 Å². The zero-order chi connectivity index (χ0) is 26.6. The highest BCUT2D eigenvalue weighted by Gasteiger charge is 2.20. The lowest BCUT2D eigenvalue weighted by Gasteiger charge is -2.12. The van der Waals surface area contributed by atoms with Crippen molar-refractivity contribution in [3.8, 4) is 34.2 Å². The first-order chi connectivity index (χ1) is 19.7. The molecule has 5 heteroatoms. The van der Waals surface area contributed by atoms with Gasteiger partial charge in [0.15, 0.2) is 17.5 Å². The van der Waals surface area contributed by atoms with Gasteiger partial charge in [0.2, 0.25) is 0 Å². The lowest BCUT2D eigenvalue weighted by Crippen LogP contribution is -2.04. The topological polar surface area (TPSA) is 38.7 Å². The molecule has 0 aliphatic rings. The molecule has 0 fully saturated rings. The highest BCUT2D eigenvalue weighted by Crippen LogP contribution is 2.43. The fourth-order valence-electron chi connectivity index (χ4n) is 5.64. The molecule has 186 valence electrons. The second kappa shape index (κ2) is 9.11. The molecule has 0 saturated heterocycles. The van der Waals surface area contributed by atoms with Gasteiger partial charge in [-0.2, -0.15) is 0 Å². The van der Waals surface area contributed by atoms with Gasteiger partial charge in [-0.15, -0.1) is 11.3 Å². The van der Waals surface area contributed by atoms with Crippen LogP contribution in [0.3, 0.4) is 0 Å². The number of hydrogen-bond acceptors (Lipinski definition) is 4. The van der Waals surface area contributed by atoms with E-state index in [9.17, 15) is 0 Å². The molecule has 0 N–H and O–H groups in total. The van der Waals surface area contributed by atoms with Gasteiger partial charge in [-0.1, -0.05) is 109 Å². The zero-order valence-corrected chi connectivity index (χ0v) is 22.6. The first-order valence-electron chi connectivity index (χ1n) is 13.4. The molecule has 6 aromatic carbocycles.